The second-order valence-electron chi connectivity index (χ2n) is 16.1. The molecule has 4 aliphatic rings. The lowest BCUT2D eigenvalue weighted by atomic mass is 9.47. The normalized spacial score (nSPS) is 40.5. The lowest BCUT2D eigenvalue weighted by molar-refractivity contribution is -0.0563. The minimum atomic E-state index is -1.71. The van der Waals surface area contributed by atoms with Gasteiger partial charge in [-0.25, -0.2) is 0 Å². The molecule has 0 aliphatic heterocycles. The maximum Gasteiger partial charge on any atom is 0.192 e. The van der Waals surface area contributed by atoms with Crippen molar-refractivity contribution in [2.45, 2.75) is 144 Å². The highest BCUT2D eigenvalue weighted by Gasteiger charge is 2.59. The van der Waals surface area contributed by atoms with Crippen LogP contribution in [0.5, 0.6) is 0 Å². The fourth-order valence-electron chi connectivity index (χ4n) is 9.20. The number of hydrogen-bond acceptors (Lipinski definition) is 1. The Morgan fingerprint density at radius 1 is 1.06 bits per heavy atom. The molecule has 3 fully saturated rings. The van der Waals surface area contributed by atoms with Crippen LogP contribution >= 0.6 is 0 Å². The van der Waals surface area contributed by atoms with Crippen LogP contribution in [0.1, 0.15) is 120 Å². The van der Waals surface area contributed by atoms with Crippen LogP contribution in [-0.2, 0) is 4.43 Å². The van der Waals surface area contributed by atoms with Gasteiger partial charge in [-0.05, 0) is 129 Å². The lowest BCUT2D eigenvalue weighted by Crippen LogP contribution is -2.52. The molecule has 0 amide bonds. The van der Waals surface area contributed by atoms with E-state index in [0.717, 1.165) is 29.6 Å². The molecule has 0 spiro atoms. The Morgan fingerprint density at radius 2 is 1.75 bits per heavy atom. The minimum absolute atomic E-state index is 0.297. The summed E-state index contributed by atoms with van der Waals surface area (Å²) in [5.74, 6) is 5.13. The van der Waals surface area contributed by atoms with Gasteiger partial charge >= 0.3 is 0 Å². The van der Waals surface area contributed by atoms with E-state index in [4.69, 9.17) is 4.43 Å². The molecule has 4 aliphatic carbocycles. The molecular weight excluding hydrogens is 453 g/mol. The Labute approximate surface area is 226 Å². The van der Waals surface area contributed by atoms with Crippen molar-refractivity contribution >= 4 is 8.32 Å². The largest absolute Gasteiger partial charge is 0.414 e. The van der Waals surface area contributed by atoms with Crippen molar-refractivity contribution < 1.29 is 4.43 Å². The van der Waals surface area contributed by atoms with Crippen molar-refractivity contribution in [3.05, 3.63) is 23.8 Å². The van der Waals surface area contributed by atoms with Crippen molar-refractivity contribution in [3.8, 4) is 0 Å². The second kappa shape index (κ2) is 10.00. The molecule has 36 heavy (non-hydrogen) atoms. The van der Waals surface area contributed by atoms with Crippen molar-refractivity contribution in [1.82, 2.24) is 0 Å². The van der Waals surface area contributed by atoms with Crippen LogP contribution in [-0.4, -0.2) is 14.4 Å². The fraction of sp³-hybridized carbons (Fsp3) is 0.882. The zero-order valence-corrected chi connectivity index (χ0v) is 26.8. The summed E-state index contributed by atoms with van der Waals surface area (Å²) < 4.78 is 6.95. The number of fused-ring (bicyclic) bond motifs is 5. The molecule has 2 heteroatoms. The van der Waals surface area contributed by atoms with Gasteiger partial charge in [0.1, 0.15) is 0 Å². The molecule has 0 unspecified atom stereocenters. The summed E-state index contributed by atoms with van der Waals surface area (Å²) in [6.45, 7) is 28.9. The van der Waals surface area contributed by atoms with Crippen molar-refractivity contribution in [2.24, 2.45) is 46.3 Å². The van der Waals surface area contributed by atoms with Crippen molar-refractivity contribution in [3.63, 3.8) is 0 Å². The Bertz CT molecular complexity index is 846. The minimum Gasteiger partial charge on any atom is -0.414 e. The van der Waals surface area contributed by atoms with Gasteiger partial charge in [0, 0.05) is 6.10 Å². The van der Waals surface area contributed by atoms with E-state index in [1.54, 1.807) is 5.57 Å². The molecule has 4 rings (SSSR count). The van der Waals surface area contributed by atoms with E-state index in [2.05, 4.69) is 81.1 Å². The van der Waals surface area contributed by atoms with E-state index in [-0.39, 0.29) is 0 Å². The Kier molecular flexibility index (Phi) is 7.96. The molecule has 0 heterocycles. The standard InChI is InChI=1S/C34H60OSi/c1-23(2)24(3)12-13-25(4)29-16-17-30-28-15-14-26-22-27(35-36(10,11)32(5,6)7)18-20-33(26,8)31(28)19-21-34(29,30)9/h14,23,25,27-31H,3,12-13,15-22H2,1-2,4-11H3/t25-,27+,28+,29-,30+,31+,33+,34-/m1/s1/i1+1/t23-,25-,27+,28+,29-,30+,31+,33+,34-. The van der Waals surface area contributed by atoms with E-state index in [1.807, 2.05) is 0 Å². The summed E-state index contributed by atoms with van der Waals surface area (Å²) in [6, 6.07) is 0. The summed E-state index contributed by atoms with van der Waals surface area (Å²) >= 11 is 0. The smallest absolute Gasteiger partial charge is 0.192 e. The zero-order valence-electron chi connectivity index (χ0n) is 25.8. The maximum absolute atomic E-state index is 6.95. The molecule has 0 radical (unpaired) electrons. The van der Waals surface area contributed by atoms with Crippen LogP contribution in [0, 0.1) is 46.3 Å². The van der Waals surface area contributed by atoms with Crippen LogP contribution in [0.3, 0.4) is 0 Å². The van der Waals surface area contributed by atoms with Crippen LogP contribution in [0.2, 0.25) is 18.1 Å². The van der Waals surface area contributed by atoms with Gasteiger partial charge < -0.3 is 4.43 Å². The average molecular weight is 514 g/mol. The Balaban J connectivity index is 1.45. The first-order chi connectivity index (χ1) is 16.6. The molecule has 0 N–H and O–H groups in total. The molecule has 1 nitrogen and oxygen atoms in total. The van der Waals surface area contributed by atoms with Gasteiger partial charge in [-0.15, -0.1) is 0 Å². The van der Waals surface area contributed by atoms with Gasteiger partial charge in [0.05, 0.1) is 0 Å². The molecule has 206 valence electrons. The molecule has 0 aromatic carbocycles. The Hall–Kier alpha value is -0.343. The van der Waals surface area contributed by atoms with Crippen molar-refractivity contribution in [2.75, 3.05) is 0 Å². The number of rotatable bonds is 7. The summed E-state index contributed by atoms with van der Waals surface area (Å²) in [6.07, 6.45) is 16.8. The van der Waals surface area contributed by atoms with Gasteiger partial charge in [0.15, 0.2) is 8.32 Å². The molecule has 0 saturated heterocycles. The molecule has 9 atom stereocenters. The van der Waals surface area contributed by atoms with E-state index in [1.165, 1.54) is 69.8 Å². The zero-order chi connectivity index (χ0) is 26.7. The predicted molar refractivity (Wildman–Crippen MR) is 160 cm³/mol. The van der Waals surface area contributed by atoms with Crippen LogP contribution < -0.4 is 0 Å². The summed E-state index contributed by atoms with van der Waals surface area (Å²) in [4.78, 5) is 0. The fourth-order valence-corrected chi connectivity index (χ4v) is 10.6. The third-order valence-electron chi connectivity index (χ3n) is 12.8. The van der Waals surface area contributed by atoms with Crippen molar-refractivity contribution in [1.29, 1.82) is 0 Å². The number of hydrogen-bond donors (Lipinski definition) is 0. The SMILES string of the molecule is C=C(CC[C@@H](C)[C@H]1CC[C@H]2[C@@H]3CC=C4C[C@@H](O[Si](C)(C)C(C)(C)C)CC[C@]4(C)[C@H]3CC[C@]12C)[C@@H](C)[13CH3]. The van der Waals surface area contributed by atoms with Crippen LogP contribution in [0.15, 0.2) is 23.8 Å². The van der Waals surface area contributed by atoms with Gasteiger partial charge in [-0.1, -0.05) is 79.2 Å². The first-order valence-corrected chi connectivity index (χ1v) is 18.6. The second-order valence-corrected chi connectivity index (χ2v) is 20.8. The van der Waals surface area contributed by atoms with E-state index in [9.17, 15) is 0 Å². The predicted octanol–water partition coefficient (Wildman–Crippen LogP) is 10.6. The van der Waals surface area contributed by atoms with Gasteiger partial charge in [0.25, 0.3) is 0 Å². The molecular formula is C34H60OSi. The maximum atomic E-state index is 6.95. The highest BCUT2D eigenvalue weighted by atomic mass is 28.4. The molecule has 3 saturated carbocycles. The highest BCUT2D eigenvalue weighted by Crippen LogP contribution is 2.67. The van der Waals surface area contributed by atoms with Gasteiger partial charge in [-0.3, -0.25) is 0 Å². The molecule has 0 bridgehead atoms. The lowest BCUT2D eigenvalue weighted by Gasteiger charge is -2.59. The van der Waals surface area contributed by atoms with Gasteiger partial charge in [0.2, 0.25) is 0 Å². The Morgan fingerprint density at radius 3 is 2.39 bits per heavy atom. The summed E-state index contributed by atoms with van der Waals surface area (Å²) in [5.41, 5.74) is 4.22. The third-order valence-corrected chi connectivity index (χ3v) is 17.4. The molecule has 0 aromatic heterocycles. The topological polar surface area (TPSA) is 9.23 Å². The summed E-state index contributed by atoms with van der Waals surface area (Å²) in [5, 5.41) is 0.297. The van der Waals surface area contributed by atoms with Crippen LogP contribution in [0.4, 0.5) is 0 Å². The van der Waals surface area contributed by atoms with Gasteiger partial charge in [-0.2, -0.15) is 0 Å². The molecule has 0 aromatic rings. The number of allylic oxidation sites excluding steroid dienone is 2. The van der Waals surface area contributed by atoms with E-state index < -0.39 is 8.32 Å². The van der Waals surface area contributed by atoms with E-state index in [0.29, 0.717) is 27.9 Å². The monoisotopic (exact) mass is 513 g/mol. The average Bonchev–Trinajstić information content (AvgIpc) is 3.13. The first-order valence-electron chi connectivity index (χ1n) is 15.6. The highest BCUT2D eigenvalue weighted by molar-refractivity contribution is 6.74. The van der Waals surface area contributed by atoms with Crippen LogP contribution in [0.25, 0.3) is 0 Å². The quantitative estimate of drug-likeness (QED) is 0.187. The summed E-state index contributed by atoms with van der Waals surface area (Å²) in [7, 11) is -1.71. The van der Waals surface area contributed by atoms with E-state index >= 15 is 0 Å². The third kappa shape index (κ3) is 5.01. The first kappa shape index (κ1) is 28.7.